The zero-order valence-electron chi connectivity index (χ0n) is 6.65. The molecular formula is C7H10O5. The predicted molar refractivity (Wildman–Crippen MR) is 37.5 cm³/mol. The number of ether oxygens (including phenoxy) is 2. The average Bonchev–Trinajstić information content (AvgIpc) is 2.50. The van der Waals surface area contributed by atoms with E-state index in [4.69, 9.17) is 9.84 Å². The summed E-state index contributed by atoms with van der Waals surface area (Å²) in [6, 6.07) is 0. The zero-order valence-corrected chi connectivity index (χ0v) is 6.65. The first kappa shape index (κ1) is 8.99. The van der Waals surface area contributed by atoms with Gasteiger partial charge in [0.25, 0.3) is 0 Å². The van der Waals surface area contributed by atoms with Crippen LogP contribution < -0.4 is 0 Å². The summed E-state index contributed by atoms with van der Waals surface area (Å²) in [7, 11) is 1.24. The lowest BCUT2D eigenvalue weighted by atomic mass is 10.0. The van der Waals surface area contributed by atoms with Gasteiger partial charge in [0.1, 0.15) is 0 Å². The number of carboxylic acid groups (broad SMARTS) is 1. The molecular weight excluding hydrogens is 164 g/mol. The van der Waals surface area contributed by atoms with Crippen molar-refractivity contribution in [2.45, 2.75) is 12.5 Å². The standard InChI is InChI=1S/C7H10O5/c1-11-7(10)4-2-3-12-5(4)6(8)9/h4-5H,2-3H2,1H3,(H,8,9)/t4-,5-/m1/s1. The highest BCUT2D eigenvalue weighted by Gasteiger charge is 2.39. The molecule has 0 spiro atoms. The number of hydrogen-bond donors (Lipinski definition) is 1. The van der Waals surface area contributed by atoms with Crippen molar-refractivity contribution in [2.75, 3.05) is 13.7 Å². The Hall–Kier alpha value is -1.10. The van der Waals surface area contributed by atoms with Crippen molar-refractivity contribution in [2.24, 2.45) is 5.92 Å². The highest BCUT2D eigenvalue weighted by atomic mass is 16.5. The van der Waals surface area contributed by atoms with Crippen molar-refractivity contribution in [3.63, 3.8) is 0 Å². The molecule has 1 saturated heterocycles. The minimum Gasteiger partial charge on any atom is -0.479 e. The molecule has 0 saturated carbocycles. The van der Waals surface area contributed by atoms with Gasteiger partial charge in [-0.3, -0.25) is 4.79 Å². The molecule has 1 fully saturated rings. The van der Waals surface area contributed by atoms with Crippen molar-refractivity contribution in [3.8, 4) is 0 Å². The number of carbonyl (C=O) groups excluding carboxylic acids is 1. The Labute approximate surface area is 69.3 Å². The lowest BCUT2D eigenvalue weighted by molar-refractivity contribution is -0.158. The fourth-order valence-corrected chi connectivity index (χ4v) is 1.23. The van der Waals surface area contributed by atoms with Crippen LogP contribution in [0.4, 0.5) is 0 Å². The number of carbonyl (C=O) groups is 2. The molecule has 0 aromatic rings. The van der Waals surface area contributed by atoms with Crippen LogP contribution in [0.3, 0.4) is 0 Å². The van der Waals surface area contributed by atoms with Gasteiger partial charge in [-0.25, -0.2) is 4.79 Å². The van der Waals surface area contributed by atoms with Gasteiger partial charge in [-0.2, -0.15) is 0 Å². The summed E-state index contributed by atoms with van der Waals surface area (Å²) in [5.74, 6) is -2.27. The van der Waals surface area contributed by atoms with Crippen LogP contribution in [-0.4, -0.2) is 36.9 Å². The van der Waals surface area contributed by atoms with E-state index in [1.165, 1.54) is 7.11 Å². The van der Waals surface area contributed by atoms with Crippen LogP contribution in [0.2, 0.25) is 0 Å². The SMILES string of the molecule is COC(=O)[C@@H]1CCO[C@H]1C(=O)O. The molecule has 12 heavy (non-hydrogen) atoms. The molecule has 1 heterocycles. The third kappa shape index (κ3) is 1.55. The maximum Gasteiger partial charge on any atom is 0.333 e. The molecule has 1 aliphatic rings. The average molecular weight is 174 g/mol. The summed E-state index contributed by atoms with van der Waals surface area (Å²) in [6.45, 7) is 0.302. The Balaban J connectivity index is 2.63. The van der Waals surface area contributed by atoms with Crippen molar-refractivity contribution in [1.29, 1.82) is 0 Å². The minimum atomic E-state index is -1.11. The number of aliphatic carboxylic acids is 1. The molecule has 0 bridgehead atoms. The molecule has 0 aliphatic carbocycles. The first-order valence-electron chi connectivity index (χ1n) is 3.59. The van der Waals surface area contributed by atoms with E-state index in [9.17, 15) is 9.59 Å². The Morgan fingerprint density at radius 1 is 1.58 bits per heavy atom. The van der Waals surface area contributed by atoms with E-state index in [1.54, 1.807) is 0 Å². The molecule has 2 atom stereocenters. The molecule has 0 radical (unpaired) electrons. The third-order valence-electron chi connectivity index (χ3n) is 1.84. The van der Waals surface area contributed by atoms with E-state index in [2.05, 4.69) is 4.74 Å². The molecule has 0 amide bonds. The number of methoxy groups -OCH3 is 1. The van der Waals surface area contributed by atoms with Gasteiger partial charge in [-0.1, -0.05) is 0 Å². The van der Waals surface area contributed by atoms with E-state index in [1.807, 2.05) is 0 Å². The molecule has 1 N–H and O–H groups in total. The van der Waals surface area contributed by atoms with E-state index in [0.29, 0.717) is 13.0 Å². The van der Waals surface area contributed by atoms with Crippen LogP contribution in [0, 0.1) is 5.92 Å². The molecule has 1 aliphatic heterocycles. The molecule has 5 nitrogen and oxygen atoms in total. The first-order valence-corrected chi connectivity index (χ1v) is 3.59. The summed E-state index contributed by atoms with van der Waals surface area (Å²) >= 11 is 0. The van der Waals surface area contributed by atoms with Gasteiger partial charge in [0.2, 0.25) is 0 Å². The smallest absolute Gasteiger partial charge is 0.333 e. The summed E-state index contributed by atoms with van der Waals surface area (Å²) in [4.78, 5) is 21.5. The van der Waals surface area contributed by atoms with Crippen LogP contribution in [-0.2, 0) is 19.1 Å². The molecule has 68 valence electrons. The van der Waals surface area contributed by atoms with Crippen molar-refractivity contribution in [1.82, 2.24) is 0 Å². The Kier molecular flexibility index (Phi) is 2.65. The number of rotatable bonds is 2. The molecule has 0 aromatic heterocycles. The molecule has 5 heteroatoms. The summed E-state index contributed by atoms with van der Waals surface area (Å²) < 4.78 is 9.28. The fraction of sp³-hybridized carbons (Fsp3) is 0.714. The van der Waals surface area contributed by atoms with Crippen molar-refractivity contribution < 1.29 is 24.2 Å². The first-order chi connectivity index (χ1) is 5.66. The summed E-state index contributed by atoms with van der Waals surface area (Å²) in [6.07, 6.45) is -0.610. The predicted octanol–water partition coefficient (Wildman–Crippen LogP) is -0.351. The molecule has 1 rings (SSSR count). The molecule has 0 unspecified atom stereocenters. The Morgan fingerprint density at radius 2 is 2.25 bits per heavy atom. The number of carboxylic acids is 1. The second kappa shape index (κ2) is 3.53. The highest BCUT2D eigenvalue weighted by Crippen LogP contribution is 2.22. The number of esters is 1. The van der Waals surface area contributed by atoms with Gasteiger partial charge >= 0.3 is 11.9 Å². The van der Waals surface area contributed by atoms with Crippen molar-refractivity contribution in [3.05, 3.63) is 0 Å². The minimum absolute atomic E-state index is 0.302. The Morgan fingerprint density at radius 3 is 2.75 bits per heavy atom. The van der Waals surface area contributed by atoms with Gasteiger partial charge in [-0.15, -0.1) is 0 Å². The monoisotopic (exact) mass is 174 g/mol. The van der Waals surface area contributed by atoms with Gasteiger partial charge in [0.05, 0.1) is 13.0 Å². The molecule has 0 aromatic carbocycles. The van der Waals surface area contributed by atoms with Gasteiger partial charge < -0.3 is 14.6 Å². The van der Waals surface area contributed by atoms with Crippen LogP contribution in [0.25, 0.3) is 0 Å². The maximum atomic E-state index is 11.0. The Bertz CT molecular complexity index is 200. The largest absolute Gasteiger partial charge is 0.479 e. The second-order valence-electron chi connectivity index (χ2n) is 2.55. The number of hydrogen-bond acceptors (Lipinski definition) is 4. The lowest BCUT2D eigenvalue weighted by Gasteiger charge is -2.10. The van der Waals surface area contributed by atoms with Crippen LogP contribution in [0.5, 0.6) is 0 Å². The summed E-state index contributed by atoms with van der Waals surface area (Å²) in [5.41, 5.74) is 0. The van der Waals surface area contributed by atoms with Crippen molar-refractivity contribution >= 4 is 11.9 Å². The van der Waals surface area contributed by atoms with E-state index in [-0.39, 0.29) is 0 Å². The van der Waals surface area contributed by atoms with E-state index >= 15 is 0 Å². The van der Waals surface area contributed by atoms with Gasteiger partial charge in [-0.05, 0) is 6.42 Å². The third-order valence-corrected chi connectivity index (χ3v) is 1.84. The fourth-order valence-electron chi connectivity index (χ4n) is 1.23. The highest BCUT2D eigenvalue weighted by molar-refractivity contribution is 5.83. The quantitative estimate of drug-likeness (QED) is 0.579. The second-order valence-corrected chi connectivity index (χ2v) is 2.55. The van der Waals surface area contributed by atoms with Gasteiger partial charge in [0, 0.05) is 6.61 Å². The zero-order chi connectivity index (χ0) is 9.14. The van der Waals surface area contributed by atoms with Gasteiger partial charge in [0.15, 0.2) is 6.10 Å². The summed E-state index contributed by atoms with van der Waals surface area (Å²) in [5, 5.41) is 8.60. The van der Waals surface area contributed by atoms with Crippen LogP contribution in [0.1, 0.15) is 6.42 Å². The normalized spacial score (nSPS) is 28.4. The van der Waals surface area contributed by atoms with E-state index < -0.39 is 24.0 Å². The van der Waals surface area contributed by atoms with Crippen LogP contribution in [0.15, 0.2) is 0 Å². The van der Waals surface area contributed by atoms with Crippen LogP contribution >= 0.6 is 0 Å². The lowest BCUT2D eigenvalue weighted by Crippen LogP contribution is -2.32. The maximum absolute atomic E-state index is 11.0. The van der Waals surface area contributed by atoms with E-state index in [0.717, 1.165) is 0 Å². The topological polar surface area (TPSA) is 72.8 Å².